The Kier molecular flexibility index (Phi) is 2.95. The van der Waals surface area contributed by atoms with Crippen LogP contribution < -0.4 is 0 Å². The molecule has 0 saturated heterocycles. The molecule has 0 aromatic heterocycles. The summed E-state index contributed by atoms with van der Waals surface area (Å²) in [6, 6.07) is 0. The molecule has 3 unspecified atom stereocenters. The molecule has 0 spiro atoms. The Balaban J connectivity index is 2.04. The fourth-order valence-electron chi connectivity index (χ4n) is 3.95. The maximum Gasteiger partial charge on any atom is 0.140 e. The highest BCUT2D eigenvalue weighted by Crippen LogP contribution is 2.69. The molecule has 0 aromatic rings. The molecule has 3 atom stereocenters. The normalized spacial score (nSPS) is 40.0. The average molecular weight is 236 g/mol. The molecule has 0 amide bonds. The molecule has 2 rings (SSSR count). The lowest BCUT2D eigenvalue weighted by atomic mass is 9.73. The van der Waals surface area contributed by atoms with Gasteiger partial charge in [-0.3, -0.25) is 4.79 Å². The highest BCUT2D eigenvalue weighted by atomic mass is 16.1. The van der Waals surface area contributed by atoms with Crippen molar-refractivity contribution in [3.63, 3.8) is 0 Å². The van der Waals surface area contributed by atoms with E-state index in [1.54, 1.807) is 0 Å². The van der Waals surface area contributed by atoms with E-state index in [2.05, 4.69) is 41.5 Å². The van der Waals surface area contributed by atoms with E-state index in [-0.39, 0.29) is 10.8 Å². The van der Waals surface area contributed by atoms with E-state index in [9.17, 15) is 4.79 Å². The molecule has 17 heavy (non-hydrogen) atoms. The zero-order valence-electron chi connectivity index (χ0n) is 12.3. The van der Waals surface area contributed by atoms with Crippen LogP contribution in [0.4, 0.5) is 0 Å². The van der Waals surface area contributed by atoms with E-state index in [0.29, 0.717) is 17.6 Å². The second-order valence-electron chi connectivity index (χ2n) is 7.74. The molecule has 0 bridgehead atoms. The van der Waals surface area contributed by atoms with Gasteiger partial charge >= 0.3 is 0 Å². The molecular formula is C16H28O. The fourth-order valence-corrected chi connectivity index (χ4v) is 3.95. The first-order valence-electron chi connectivity index (χ1n) is 7.23. The summed E-state index contributed by atoms with van der Waals surface area (Å²) in [6.45, 7) is 13.7. The van der Waals surface area contributed by atoms with Crippen LogP contribution in [0.3, 0.4) is 0 Å². The molecule has 2 saturated carbocycles. The molecule has 0 heterocycles. The first kappa shape index (κ1) is 13.1. The molecule has 2 aliphatic carbocycles. The Hall–Kier alpha value is -0.330. The smallest absolute Gasteiger partial charge is 0.140 e. The van der Waals surface area contributed by atoms with Crippen LogP contribution in [0.15, 0.2) is 0 Å². The second kappa shape index (κ2) is 3.83. The maximum absolute atomic E-state index is 12.6. The SMILES string of the molecule is CC1CCC(C(=O)C2C(C)(C)C2(C)C)CC1C. The summed E-state index contributed by atoms with van der Waals surface area (Å²) < 4.78 is 0. The number of Topliss-reactive ketones (excluding diaryl/α,β-unsaturated/α-hetero) is 1. The van der Waals surface area contributed by atoms with Crippen LogP contribution in [-0.2, 0) is 4.79 Å². The topological polar surface area (TPSA) is 17.1 Å². The van der Waals surface area contributed by atoms with Crippen molar-refractivity contribution in [2.24, 2.45) is 34.5 Å². The number of rotatable bonds is 2. The summed E-state index contributed by atoms with van der Waals surface area (Å²) >= 11 is 0. The molecular weight excluding hydrogens is 208 g/mol. The van der Waals surface area contributed by atoms with Crippen molar-refractivity contribution in [3.8, 4) is 0 Å². The van der Waals surface area contributed by atoms with Gasteiger partial charge in [0, 0.05) is 11.8 Å². The van der Waals surface area contributed by atoms with Crippen molar-refractivity contribution in [2.75, 3.05) is 0 Å². The molecule has 1 heteroatoms. The van der Waals surface area contributed by atoms with Crippen LogP contribution >= 0.6 is 0 Å². The molecule has 2 aliphatic rings. The van der Waals surface area contributed by atoms with Gasteiger partial charge in [0.1, 0.15) is 5.78 Å². The maximum atomic E-state index is 12.6. The number of ketones is 1. The molecule has 2 fully saturated rings. The fraction of sp³-hybridized carbons (Fsp3) is 0.938. The number of carbonyl (C=O) groups excluding carboxylic acids is 1. The standard InChI is InChI=1S/C16H28O/c1-10-7-8-12(9-11(10)2)13(17)14-15(3,4)16(14,5)6/h10-12,14H,7-9H2,1-6H3. The van der Waals surface area contributed by atoms with E-state index in [1.165, 1.54) is 6.42 Å². The second-order valence-corrected chi connectivity index (χ2v) is 7.74. The molecule has 98 valence electrons. The third-order valence-electron chi connectivity index (χ3n) is 6.31. The van der Waals surface area contributed by atoms with Crippen molar-refractivity contribution in [1.82, 2.24) is 0 Å². The van der Waals surface area contributed by atoms with Crippen LogP contribution in [0.2, 0.25) is 0 Å². The minimum Gasteiger partial charge on any atom is -0.299 e. The minimum absolute atomic E-state index is 0.219. The Bertz CT molecular complexity index is 312. The summed E-state index contributed by atoms with van der Waals surface area (Å²) in [4.78, 5) is 12.6. The van der Waals surface area contributed by atoms with Crippen molar-refractivity contribution in [1.29, 1.82) is 0 Å². The van der Waals surface area contributed by atoms with E-state index in [4.69, 9.17) is 0 Å². The van der Waals surface area contributed by atoms with E-state index < -0.39 is 0 Å². The van der Waals surface area contributed by atoms with Crippen molar-refractivity contribution >= 4 is 5.78 Å². The van der Waals surface area contributed by atoms with E-state index >= 15 is 0 Å². The Morgan fingerprint density at radius 2 is 1.47 bits per heavy atom. The predicted octanol–water partition coefficient (Wildman–Crippen LogP) is 4.31. The molecule has 1 nitrogen and oxygen atoms in total. The lowest BCUT2D eigenvalue weighted by Gasteiger charge is -2.31. The summed E-state index contributed by atoms with van der Waals surface area (Å²) in [6.07, 6.45) is 3.50. The number of carbonyl (C=O) groups is 1. The highest BCUT2D eigenvalue weighted by Gasteiger charge is 2.68. The van der Waals surface area contributed by atoms with Crippen LogP contribution in [0, 0.1) is 34.5 Å². The van der Waals surface area contributed by atoms with Gasteiger partial charge in [0.15, 0.2) is 0 Å². The van der Waals surface area contributed by atoms with E-state index in [1.807, 2.05) is 0 Å². The molecule has 0 aliphatic heterocycles. The van der Waals surface area contributed by atoms with Gasteiger partial charge in [0.25, 0.3) is 0 Å². The first-order chi connectivity index (χ1) is 7.69. The first-order valence-corrected chi connectivity index (χ1v) is 7.23. The zero-order valence-corrected chi connectivity index (χ0v) is 12.3. The Morgan fingerprint density at radius 3 is 1.88 bits per heavy atom. The van der Waals surface area contributed by atoms with Crippen LogP contribution in [-0.4, -0.2) is 5.78 Å². The lowest BCUT2D eigenvalue weighted by Crippen LogP contribution is -2.28. The lowest BCUT2D eigenvalue weighted by molar-refractivity contribution is -0.127. The van der Waals surface area contributed by atoms with Crippen molar-refractivity contribution < 1.29 is 4.79 Å². The van der Waals surface area contributed by atoms with Gasteiger partial charge in [-0.25, -0.2) is 0 Å². The van der Waals surface area contributed by atoms with Crippen molar-refractivity contribution in [3.05, 3.63) is 0 Å². The van der Waals surface area contributed by atoms with Gasteiger partial charge in [-0.15, -0.1) is 0 Å². The molecule has 0 N–H and O–H groups in total. The van der Waals surface area contributed by atoms with E-state index in [0.717, 1.165) is 24.7 Å². The van der Waals surface area contributed by atoms with Gasteiger partial charge in [-0.05, 0) is 41.9 Å². The van der Waals surface area contributed by atoms with Crippen molar-refractivity contribution in [2.45, 2.75) is 60.8 Å². The third-order valence-corrected chi connectivity index (χ3v) is 6.31. The van der Waals surface area contributed by atoms with Crippen LogP contribution in [0.5, 0.6) is 0 Å². The molecule has 0 radical (unpaired) electrons. The van der Waals surface area contributed by atoms with Gasteiger partial charge < -0.3 is 0 Å². The predicted molar refractivity (Wildman–Crippen MR) is 71.7 cm³/mol. The van der Waals surface area contributed by atoms with Crippen LogP contribution in [0.1, 0.15) is 60.8 Å². The molecule has 0 aromatic carbocycles. The Labute approximate surface area is 106 Å². The number of hydrogen-bond acceptors (Lipinski definition) is 1. The highest BCUT2D eigenvalue weighted by molar-refractivity contribution is 5.88. The summed E-state index contributed by atoms with van der Waals surface area (Å²) in [5.41, 5.74) is 0.437. The van der Waals surface area contributed by atoms with Gasteiger partial charge in [0.05, 0.1) is 0 Å². The number of hydrogen-bond donors (Lipinski definition) is 0. The quantitative estimate of drug-likeness (QED) is 0.698. The summed E-state index contributed by atoms with van der Waals surface area (Å²) in [5.74, 6) is 2.76. The van der Waals surface area contributed by atoms with Gasteiger partial charge in [-0.2, -0.15) is 0 Å². The third kappa shape index (κ3) is 1.86. The average Bonchev–Trinajstić information content (AvgIpc) is 2.61. The largest absolute Gasteiger partial charge is 0.299 e. The summed E-state index contributed by atoms with van der Waals surface area (Å²) in [5, 5.41) is 0. The van der Waals surface area contributed by atoms with Gasteiger partial charge in [0.2, 0.25) is 0 Å². The van der Waals surface area contributed by atoms with Gasteiger partial charge in [-0.1, -0.05) is 41.5 Å². The van der Waals surface area contributed by atoms with Crippen LogP contribution in [0.25, 0.3) is 0 Å². The Morgan fingerprint density at radius 1 is 0.941 bits per heavy atom. The zero-order chi connectivity index (χ0) is 13.0. The summed E-state index contributed by atoms with van der Waals surface area (Å²) in [7, 11) is 0. The monoisotopic (exact) mass is 236 g/mol. The minimum atomic E-state index is 0.219.